The molecular weight excluding hydrogens is 485 g/mol. The average Bonchev–Trinajstić information content (AvgIpc) is 3.47. The molecule has 0 aromatic heterocycles. The van der Waals surface area contributed by atoms with Gasteiger partial charge in [-0.05, 0) is 43.2 Å². The van der Waals surface area contributed by atoms with E-state index >= 15 is 0 Å². The third kappa shape index (κ3) is 4.88. The van der Waals surface area contributed by atoms with E-state index in [2.05, 4.69) is 5.32 Å². The van der Waals surface area contributed by atoms with Gasteiger partial charge in [0.1, 0.15) is 5.54 Å². The minimum atomic E-state index is -4.88. The second kappa shape index (κ2) is 8.78. The molecule has 0 radical (unpaired) electrons. The molecule has 1 aliphatic heterocycles. The molecular formula is C23H19F3N4O4S. The third-order valence-corrected chi connectivity index (χ3v) is 8.19. The number of amides is 1. The summed E-state index contributed by atoms with van der Waals surface area (Å²) in [6.07, 6.45) is -6.39. The first-order valence-corrected chi connectivity index (χ1v) is 12.1. The van der Waals surface area contributed by atoms with Crippen LogP contribution in [0.3, 0.4) is 0 Å². The number of rotatable bonds is 5. The van der Waals surface area contributed by atoms with Gasteiger partial charge in [0.15, 0.2) is 16.1 Å². The van der Waals surface area contributed by atoms with Crippen molar-refractivity contribution < 1.29 is 31.1 Å². The summed E-state index contributed by atoms with van der Waals surface area (Å²) in [7, 11) is -4.50. The molecule has 2 atom stereocenters. The molecule has 2 aromatic rings. The minimum Gasteiger partial charge on any atom is -0.425 e. The Morgan fingerprint density at radius 3 is 2.49 bits per heavy atom. The topological polar surface area (TPSA) is 123 Å². The lowest BCUT2D eigenvalue weighted by Crippen LogP contribution is -2.41. The zero-order chi connectivity index (χ0) is 25.4. The number of hydrogen-bond donors (Lipinski definition) is 1. The molecule has 2 aromatic carbocycles. The number of alkyl halides is 3. The average molecular weight is 504 g/mol. The van der Waals surface area contributed by atoms with E-state index in [-0.39, 0.29) is 18.5 Å². The second-order valence-corrected chi connectivity index (χ2v) is 10.6. The van der Waals surface area contributed by atoms with Gasteiger partial charge < -0.3 is 15.0 Å². The number of alkyl carbamates (subject to hydrolysis) is 1. The summed E-state index contributed by atoms with van der Waals surface area (Å²) in [5.74, 6) is 0. The highest BCUT2D eigenvalue weighted by Gasteiger charge is 2.48. The van der Waals surface area contributed by atoms with E-state index < -0.39 is 49.6 Å². The van der Waals surface area contributed by atoms with Gasteiger partial charge in [-0.1, -0.05) is 18.2 Å². The smallest absolute Gasteiger partial charge is 0.417 e. The molecule has 1 saturated heterocycles. The van der Waals surface area contributed by atoms with Crippen LogP contribution in [0.15, 0.2) is 53.4 Å². The van der Waals surface area contributed by atoms with Crippen LogP contribution in [0.2, 0.25) is 0 Å². The molecule has 1 N–H and O–H groups in total. The van der Waals surface area contributed by atoms with Gasteiger partial charge in [-0.3, -0.25) is 0 Å². The number of nitrogens with one attached hydrogen (secondary N) is 1. The van der Waals surface area contributed by atoms with Crippen molar-refractivity contribution in [1.82, 2.24) is 5.32 Å². The Morgan fingerprint density at radius 2 is 1.86 bits per heavy atom. The number of nitriles is 2. The van der Waals surface area contributed by atoms with Gasteiger partial charge in [-0.2, -0.15) is 23.7 Å². The summed E-state index contributed by atoms with van der Waals surface area (Å²) >= 11 is 0. The normalized spacial score (nSPS) is 21.0. The first kappa shape index (κ1) is 24.4. The van der Waals surface area contributed by atoms with E-state index in [9.17, 15) is 36.9 Å². The van der Waals surface area contributed by atoms with Crippen molar-refractivity contribution >= 4 is 21.6 Å². The summed E-state index contributed by atoms with van der Waals surface area (Å²) in [5.41, 5.74) is -1.67. The van der Waals surface area contributed by atoms with E-state index in [1.807, 2.05) is 12.1 Å². The molecule has 12 heteroatoms. The van der Waals surface area contributed by atoms with Crippen LogP contribution in [0.4, 0.5) is 23.7 Å². The van der Waals surface area contributed by atoms with Gasteiger partial charge in [-0.15, -0.1) is 0 Å². The Balaban J connectivity index is 1.67. The Morgan fingerprint density at radius 1 is 1.14 bits per heavy atom. The van der Waals surface area contributed by atoms with Crippen molar-refractivity contribution in [1.29, 1.82) is 10.5 Å². The van der Waals surface area contributed by atoms with Crippen LogP contribution in [0.1, 0.15) is 30.4 Å². The predicted molar refractivity (Wildman–Crippen MR) is 117 cm³/mol. The first-order chi connectivity index (χ1) is 16.5. The number of halogens is 3. The Bertz CT molecular complexity index is 1340. The number of hydrogen-bond acceptors (Lipinski definition) is 7. The number of nitrogens with zero attached hydrogens (tertiary/aromatic N) is 3. The number of sulfone groups is 1. The number of ether oxygens (including phenoxy) is 1. The standard InChI is InChI=1S/C23H19F3N4O4S/c24-23(25,26)18-6-1-2-7-19(18)35(32,33)17-11-20(34-21(31)29-22(14-28)8-9-22)30(13-17)16-5-3-4-15(10-16)12-27/h1-7,10,17,20H,8-9,11,13H2,(H,29,31). The highest BCUT2D eigenvalue weighted by atomic mass is 32.2. The van der Waals surface area contributed by atoms with E-state index in [4.69, 9.17) is 4.74 Å². The molecule has 1 amide bonds. The molecule has 182 valence electrons. The lowest BCUT2D eigenvalue weighted by atomic mass is 10.2. The lowest BCUT2D eigenvalue weighted by molar-refractivity contribution is -0.139. The quantitative estimate of drug-likeness (QED) is 0.658. The van der Waals surface area contributed by atoms with Gasteiger partial charge in [0.05, 0.1) is 33.4 Å². The largest absolute Gasteiger partial charge is 0.425 e. The molecule has 1 aliphatic carbocycles. The maximum absolute atomic E-state index is 13.5. The van der Waals surface area contributed by atoms with Crippen LogP contribution in [-0.2, 0) is 20.8 Å². The number of carbonyl (C=O) groups excluding carboxylic acids is 1. The highest BCUT2D eigenvalue weighted by Crippen LogP contribution is 2.39. The van der Waals surface area contributed by atoms with E-state index in [1.165, 1.54) is 23.1 Å². The van der Waals surface area contributed by atoms with E-state index in [0.29, 0.717) is 24.6 Å². The molecule has 8 nitrogen and oxygen atoms in total. The number of benzene rings is 2. The maximum Gasteiger partial charge on any atom is 0.417 e. The van der Waals surface area contributed by atoms with Crippen molar-refractivity contribution in [2.45, 2.75) is 47.4 Å². The number of anilines is 1. The molecule has 4 rings (SSSR count). The second-order valence-electron chi connectivity index (χ2n) is 8.39. The van der Waals surface area contributed by atoms with Crippen molar-refractivity contribution in [2.24, 2.45) is 0 Å². The summed E-state index contributed by atoms with van der Waals surface area (Å²) in [6.45, 7) is -0.273. The fourth-order valence-electron chi connectivity index (χ4n) is 3.99. The zero-order valence-corrected chi connectivity index (χ0v) is 18.9. The monoisotopic (exact) mass is 504 g/mol. The van der Waals surface area contributed by atoms with Gasteiger partial charge in [0.2, 0.25) is 0 Å². The minimum absolute atomic E-state index is 0.265. The Hall–Kier alpha value is -3.77. The molecule has 0 spiro atoms. The summed E-state index contributed by atoms with van der Waals surface area (Å²) < 4.78 is 72.7. The van der Waals surface area contributed by atoms with Crippen molar-refractivity contribution in [3.63, 3.8) is 0 Å². The van der Waals surface area contributed by atoms with E-state index in [0.717, 1.165) is 12.1 Å². The summed E-state index contributed by atoms with van der Waals surface area (Å²) in [4.78, 5) is 13.0. The van der Waals surface area contributed by atoms with Crippen molar-refractivity contribution in [3.8, 4) is 12.1 Å². The predicted octanol–water partition coefficient (Wildman–Crippen LogP) is 3.74. The van der Waals surface area contributed by atoms with Crippen LogP contribution in [0.5, 0.6) is 0 Å². The van der Waals surface area contributed by atoms with Gasteiger partial charge >= 0.3 is 12.3 Å². The van der Waals surface area contributed by atoms with Gasteiger partial charge in [0, 0.05) is 18.7 Å². The van der Waals surface area contributed by atoms with Crippen LogP contribution >= 0.6 is 0 Å². The SMILES string of the molecule is N#Cc1cccc(N2CC(S(=O)(=O)c3ccccc3C(F)(F)F)CC2OC(=O)NC2(C#N)CC2)c1. The van der Waals surface area contributed by atoms with Crippen LogP contribution in [-0.4, -0.2) is 38.1 Å². The molecule has 0 bridgehead atoms. The molecule has 1 heterocycles. The zero-order valence-electron chi connectivity index (χ0n) is 18.1. The molecule has 2 aliphatic rings. The fraction of sp³-hybridized carbons (Fsp3) is 0.348. The molecule has 1 saturated carbocycles. The highest BCUT2D eigenvalue weighted by molar-refractivity contribution is 7.92. The van der Waals surface area contributed by atoms with Gasteiger partial charge in [0.25, 0.3) is 0 Å². The van der Waals surface area contributed by atoms with Crippen LogP contribution in [0, 0.1) is 22.7 Å². The summed E-state index contributed by atoms with van der Waals surface area (Å²) in [5, 5.41) is 19.5. The lowest BCUT2D eigenvalue weighted by Gasteiger charge is -2.26. The van der Waals surface area contributed by atoms with Crippen LogP contribution in [0.25, 0.3) is 0 Å². The fourth-order valence-corrected chi connectivity index (χ4v) is 5.89. The Kier molecular flexibility index (Phi) is 6.11. The van der Waals surface area contributed by atoms with Crippen molar-refractivity contribution in [3.05, 3.63) is 59.7 Å². The van der Waals surface area contributed by atoms with Crippen LogP contribution < -0.4 is 10.2 Å². The molecule has 35 heavy (non-hydrogen) atoms. The maximum atomic E-state index is 13.5. The van der Waals surface area contributed by atoms with Crippen molar-refractivity contribution in [2.75, 3.05) is 11.4 Å². The van der Waals surface area contributed by atoms with Gasteiger partial charge in [-0.25, -0.2) is 13.2 Å². The molecule has 2 fully saturated rings. The third-order valence-electron chi connectivity index (χ3n) is 6.01. The first-order valence-electron chi connectivity index (χ1n) is 10.6. The summed E-state index contributed by atoms with van der Waals surface area (Å²) in [6, 6.07) is 14.0. The number of carbonyl (C=O) groups is 1. The van der Waals surface area contributed by atoms with E-state index in [1.54, 1.807) is 12.1 Å². The Labute approximate surface area is 199 Å². The molecule has 2 unspecified atom stereocenters.